The Morgan fingerprint density at radius 3 is 1.95 bits per heavy atom. The number of carboxylic acid groups (broad SMARTS) is 1. The molecular formula is C32H37NO3S. The fraction of sp³-hybridized carbons (Fsp3) is 0.281. The number of aliphatic carboxylic acids is 1. The number of benzene rings is 4. The van der Waals surface area contributed by atoms with Crippen LogP contribution in [-0.2, 0) is 22.7 Å². The third-order valence-electron chi connectivity index (χ3n) is 5.73. The van der Waals surface area contributed by atoms with E-state index in [1.807, 2.05) is 26.0 Å². The predicted octanol–water partition coefficient (Wildman–Crippen LogP) is 8.35. The van der Waals surface area contributed by atoms with Crippen molar-refractivity contribution in [3.8, 4) is 11.1 Å². The van der Waals surface area contributed by atoms with Gasteiger partial charge >= 0.3 is 5.97 Å². The first-order chi connectivity index (χ1) is 17.9. The fourth-order valence-corrected chi connectivity index (χ4v) is 4.64. The van der Waals surface area contributed by atoms with Crippen molar-refractivity contribution in [2.45, 2.75) is 58.3 Å². The van der Waals surface area contributed by atoms with E-state index < -0.39 is 12.0 Å². The van der Waals surface area contributed by atoms with Crippen LogP contribution in [0.25, 0.3) is 21.9 Å². The Morgan fingerprint density at radius 2 is 1.35 bits per heavy atom. The number of ether oxygens (including phenoxy) is 1. The molecule has 0 aliphatic carbocycles. The maximum Gasteiger partial charge on any atom is 0.321 e. The minimum absolute atomic E-state index is 0.0133. The van der Waals surface area contributed by atoms with Crippen LogP contribution in [0.4, 0.5) is 0 Å². The Bertz CT molecular complexity index is 1250. The first-order valence-corrected chi connectivity index (χ1v) is 13.6. The summed E-state index contributed by atoms with van der Waals surface area (Å²) in [7, 11) is 0. The van der Waals surface area contributed by atoms with Crippen LogP contribution in [0.1, 0.15) is 45.2 Å². The van der Waals surface area contributed by atoms with Gasteiger partial charge in [-0.25, -0.2) is 4.72 Å². The van der Waals surface area contributed by atoms with Crippen LogP contribution < -0.4 is 4.72 Å². The van der Waals surface area contributed by atoms with E-state index in [-0.39, 0.29) is 5.92 Å². The van der Waals surface area contributed by atoms with Crippen molar-refractivity contribution in [3.63, 3.8) is 0 Å². The van der Waals surface area contributed by atoms with Gasteiger partial charge in [-0.1, -0.05) is 107 Å². The van der Waals surface area contributed by atoms with Gasteiger partial charge in [-0.15, -0.1) is 0 Å². The molecule has 0 spiro atoms. The molecule has 194 valence electrons. The summed E-state index contributed by atoms with van der Waals surface area (Å²) in [5.74, 6) is -0.820. The van der Waals surface area contributed by atoms with E-state index in [9.17, 15) is 9.90 Å². The normalized spacial score (nSPS) is 11.7. The standard InChI is InChI=1S/C29H29NO3S.C3H8/c1-20(2)28(29(31)32)30-34-27-15-13-25(14-16-27)24-10-7-21(8-11-24)18-33-19-22-9-12-23-5-3-4-6-26(23)17-22;1-3-2/h3-17,20,28,30H,18-19H2,1-2H3,(H,31,32);3H2,1-2H3. The number of hydrogen-bond donors (Lipinski definition) is 2. The third-order valence-corrected chi connectivity index (χ3v) is 6.61. The second kappa shape index (κ2) is 14.6. The van der Waals surface area contributed by atoms with Gasteiger partial charge in [0.1, 0.15) is 6.04 Å². The Labute approximate surface area is 225 Å². The van der Waals surface area contributed by atoms with E-state index in [1.165, 1.54) is 34.7 Å². The minimum atomic E-state index is -0.833. The molecule has 0 saturated heterocycles. The Hall–Kier alpha value is -3.12. The number of carbonyl (C=O) groups is 1. The summed E-state index contributed by atoms with van der Waals surface area (Å²) in [6, 6.07) is 30.7. The molecule has 0 amide bonds. The summed E-state index contributed by atoms with van der Waals surface area (Å²) < 4.78 is 8.99. The molecule has 4 rings (SSSR count). The zero-order valence-corrected chi connectivity index (χ0v) is 22.9. The van der Waals surface area contributed by atoms with Gasteiger partial charge < -0.3 is 9.84 Å². The zero-order chi connectivity index (χ0) is 26.6. The van der Waals surface area contributed by atoms with Crippen LogP contribution in [-0.4, -0.2) is 17.1 Å². The molecule has 4 aromatic carbocycles. The van der Waals surface area contributed by atoms with E-state index in [4.69, 9.17) is 4.74 Å². The third kappa shape index (κ3) is 8.74. The van der Waals surface area contributed by atoms with Crippen molar-refractivity contribution in [1.82, 2.24) is 4.72 Å². The number of nitrogens with one attached hydrogen (secondary N) is 1. The Kier molecular flexibility index (Phi) is 11.2. The summed E-state index contributed by atoms with van der Waals surface area (Å²) in [5.41, 5.74) is 4.56. The molecule has 0 saturated carbocycles. The van der Waals surface area contributed by atoms with Crippen LogP contribution in [0.2, 0.25) is 0 Å². The lowest BCUT2D eigenvalue weighted by Crippen LogP contribution is -2.36. The molecular weight excluding hydrogens is 478 g/mol. The fourth-order valence-electron chi connectivity index (χ4n) is 3.73. The van der Waals surface area contributed by atoms with E-state index in [2.05, 4.69) is 97.4 Å². The molecule has 37 heavy (non-hydrogen) atoms. The van der Waals surface area contributed by atoms with Crippen molar-refractivity contribution in [3.05, 3.63) is 102 Å². The Morgan fingerprint density at radius 1 is 0.811 bits per heavy atom. The average Bonchev–Trinajstić information content (AvgIpc) is 2.90. The highest BCUT2D eigenvalue weighted by atomic mass is 32.2. The van der Waals surface area contributed by atoms with Gasteiger partial charge in [0, 0.05) is 4.90 Å². The summed E-state index contributed by atoms with van der Waals surface area (Å²) >= 11 is 1.35. The molecule has 0 bridgehead atoms. The second-order valence-electron chi connectivity index (χ2n) is 9.38. The molecule has 0 aromatic heterocycles. The van der Waals surface area contributed by atoms with E-state index in [0.717, 1.165) is 21.6 Å². The first kappa shape index (κ1) is 28.5. The molecule has 0 aliphatic heterocycles. The van der Waals surface area contributed by atoms with Gasteiger partial charge in [0.2, 0.25) is 0 Å². The smallest absolute Gasteiger partial charge is 0.321 e. The number of carboxylic acids is 1. The monoisotopic (exact) mass is 515 g/mol. The lowest BCUT2D eigenvalue weighted by molar-refractivity contribution is -0.139. The lowest BCUT2D eigenvalue weighted by atomic mass is 10.0. The highest BCUT2D eigenvalue weighted by Crippen LogP contribution is 2.25. The first-order valence-electron chi connectivity index (χ1n) is 12.8. The molecule has 5 heteroatoms. The highest BCUT2D eigenvalue weighted by Gasteiger charge is 2.20. The SMILES string of the molecule is CC(C)C(NSc1ccc(-c2ccc(COCc3ccc4ccccc4c3)cc2)cc1)C(=O)O.CCC. The second-order valence-corrected chi connectivity index (χ2v) is 10.3. The highest BCUT2D eigenvalue weighted by molar-refractivity contribution is 7.97. The van der Waals surface area contributed by atoms with Crippen LogP contribution in [0.5, 0.6) is 0 Å². The van der Waals surface area contributed by atoms with Gasteiger partial charge in [0.25, 0.3) is 0 Å². The number of rotatable bonds is 10. The molecule has 0 heterocycles. The molecule has 0 radical (unpaired) electrons. The van der Waals surface area contributed by atoms with Crippen molar-refractivity contribution >= 4 is 28.7 Å². The van der Waals surface area contributed by atoms with E-state index >= 15 is 0 Å². The molecule has 4 aromatic rings. The molecule has 1 atom stereocenters. The summed E-state index contributed by atoms with van der Waals surface area (Å²) in [6.07, 6.45) is 1.25. The summed E-state index contributed by atoms with van der Waals surface area (Å²) in [6.45, 7) is 9.19. The van der Waals surface area contributed by atoms with Crippen molar-refractivity contribution in [1.29, 1.82) is 0 Å². The average molecular weight is 516 g/mol. The van der Waals surface area contributed by atoms with E-state index in [0.29, 0.717) is 13.2 Å². The lowest BCUT2D eigenvalue weighted by Gasteiger charge is -2.17. The number of hydrogen-bond acceptors (Lipinski definition) is 4. The largest absolute Gasteiger partial charge is 0.480 e. The van der Waals surface area contributed by atoms with Crippen LogP contribution in [0.15, 0.2) is 95.9 Å². The zero-order valence-electron chi connectivity index (χ0n) is 22.1. The molecule has 1 unspecified atom stereocenters. The topological polar surface area (TPSA) is 58.6 Å². The maximum absolute atomic E-state index is 11.3. The van der Waals surface area contributed by atoms with Crippen molar-refractivity contribution in [2.24, 2.45) is 5.92 Å². The van der Waals surface area contributed by atoms with E-state index in [1.54, 1.807) is 0 Å². The molecule has 0 aliphatic rings. The Balaban J connectivity index is 0.00000121. The van der Waals surface area contributed by atoms with Crippen LogP contribution in [0.3, 0.4) is 0 Å². The quantitative estimate of drug-likeness (QED) is 0.208. The van der Waals surface area contributed by atoms with Gasteiger partial charge in [0.15, 0.2) is 0 Å². The van der Waals surface area contributed by atoms with Crippen molar-refractivity contribution < 1.29 is 14.6 Å². The molecule has 2 N–H and O–H groups in total. The van der Waals surface area contributed by atoms with Crippen LogP contribution >= 0.6 is 11.9 Å². The maximum atomic E-state index is 11.3. The summed E-state index contributed by atoms with van der Waals surface area (Å²) in [5, 5.41) is 11.8. The van der Waals surface area contributed by atoms with Gasteiger partial charge in [-0.3, -0.25) is 4.79 Å². The van der Waals surface area contributed by atoms with Gasteiger partial charge in [0.05, 0.1) is 13.2 Å². The molecule has 0 fully saturated rings. The van der Waals surface area contributed by atoms with Gasteiger partial charge in [-0.2, -0.15) is 0 Å². The summed E-state index contributed by atoms with van der Waals surface area (Å²) in [4.78, 5) is 12.3. The molecule has 4 nitrogen and oxygen atoms in total. The van der Waals surface area contributed by atoms with Gasteiger partial charge in [-0.05, 0) is 69.1 Å². The van der Waals surface area contributed by atoms with Crippen molar-refractivity contribution in [2.75, 3.05) is 0 Å². The minimum Gasteiger partial charge on any atom is -0.480 e. The van der Waals surface area contributed by atoms with Crippen LogP contribution in [0, 0.1) is 5.92 Å². The number of fused-ring (bicyclic) bond motifs is 1. The predicted molar refractivity (Wildman–Crippen MR) is 156 cm³/mol.